The van der Waals surface area contributed by atoms with E-state index in [-0.39, 0.29) is 11.5 Å². The van der Waals surface area contributed by atoms with Crippen molar-refractivity contribution in [2.24, 2.45) is 11.8 Å². The summed E-state index contributed by atoms with van der Waals surface area (Å²) >= 11 is 1.54. The van der Waals surface area contributed by atoms with E-state index in [0.29, 0.717) is 43.4 Å². The van der Waals surface area contributed by atoms with Gasteiger partial charge < -0.3 is 26.0 Å². The molecule has 3 heterocycles. The summed E-state index contributed by atoms with van der Waals surface area (Å²) in [7, 11) is 0. The smallest absolute Gasteiger partial charge is 0.225 e. The molecule has 0 amide bonds. The molecule has 4 aliphatic carbocycles. The Morgan fingerprint density at radius 2 is 1.68 bits per heavy atom. The fourth-order valence-electron chi connectivity index (χ4n) is 6.97. The lowest BCUT2D eigenvalue weighted by Gasteiger charge is -2.36. The Bertz CT molecular complexity index is 1400. The highest BCUT2D eigenvalue weighted by molar-refractivity contribution is 7.21. The van der Waals surface area contributed by atoms with Crippen LogP contribution in [0.3, 0.4) is 0 Å². The number of pyridine rings is 1. The summed E-state index contributed by atoms with van der Waals surface area (Å²) in [4.78, 5) is 19.0. The van der Waals surface area contributed by atoms with Crippen molar-refractivity contribution in [1.29, 1.82) is 0 Å². The molecule has 0 bridgehead atoms. The fraction of sp³-hybridized carbons (Fsp3) is 0.643. The van der Waals surface area contributed by atoms with Crippen molar-refractivity contribution in [2.75, 3.05) is 10.6 Å². The molecular weight excluding hydrogens is 500 g/mol. The first-order valence-corrected chi connectivity index (χ1v) is 14.8. The first kappa shape index (κ1) is 24.6. The van der Waals surface area contributed by atoms with Gasteiger partial charge in [-0.1, -0.05) is 12.8 Å². The highest BCUT2D eigenvalue weighted by atomic mass is 32.1. The number of rotatable bonds is 7. The summed E-state index contributed by atoms with van der Waals surface area (Å²) in [5.41, 5.74) is 0.715. The number of aliphatic hydroxyl groups is 3. The minimum absolute atomic E-state index is 0.0878. The predicted molar refractivity (Wildman–Crippen MR) is 147 cm³/mol. The second-order valence-electron chi connectivity index (χ2n) is 12.1. The van der Waals surface area contributed by atoms with Crippen LogP contribution in [0.2, 0.25) is 0 Å². The largest absolute Gasteiger partial charge is 0.389 e. The lowest BCUT2D eigenvalue weighted by molar-refractivity contribution is -0.103. The van der Waals surface area contributed by atoms with E-state index < -0.39 is 17.4 Å². The highest BCUT2D eigenvalue weighted by Crippen LogP contribution is 2.55. The van der Waals surface area contributed by atoms with Gasteiger partial charge in [-0.15, -0.1) is 11.3 Å². The van der Waals surface area contributed by atoms with Gasteiger partial charge in [0.05, 0.1) is 27.3 Å². The number of anilines is 2. The highest BCUT2D eigenvalue weighted by Gasteiger charge is 2.56. The maximum Gasteiger partial charge on any atom is 0.225 e. The van der Waals surface area contributed by atoms with Gasteiger partial charge in [-0.2, -0.15) is 4.98 Å². The zero-order valence-corrected chi connectivity index (χ0v) is 22.8. The summed E-state index contributed by atoms with van der Waals surface area (Å²) in [5, 5.41) is 42.0. The number of thiazole rings is 1. The number of nitrogens with zero attached hydrogens (tertiary/aromatic N) is 4. The average Bonchev–Trinajstić information content (AvgIpc) is 3.75. The van der Waals surface area contributed by atoms with Gasteiger partial charge in [0, 0.05) is 17.7 Å². The van der Waals surface area contributed by atoms with E-state index in [0.717, 1.165) is 57.9 Å². The minimum Gasteiger partial charge on any atom is -0.389 e. The Hall–Kier alpha value is -2.40. The lowest BCUT2D eigenvalue weighted by atomic mass is 9.82. The van der Waals surface area contributed by atoms with E-state index in [9.17, 15) is 15.3 Å². The van der Waals surface area contributed by atoms with Crippen molar-refractivity contribution in [2.45, 2.75) is 101 Å². The van der Waals surface area contributed by atoms with Crippen LogP contribution < -0.4 is 10.6 Å². The first-order chi connectivity index (χ1) is 18.2. The fourth-order valence-corrected chi connectivity index (χ4v) is 8.08. The molecule has 9 nitrogen and oxygen atoms in total. The molecule has 0 unspecified atom stereocenters. The van der Waals surface area contributed by atoms with Crippen LogP contribution in [0, 0.1) is 25.7 Å². The second kappa shape index (κ2) is 8.55. The third kappa shape index (κ3) is 3.99. The molecule has 4 aliphatic rings. The lowest BCUT2D eigenvalue weighted by Crippen LogP contribution is -2.52. The number of fused-ring (bicyclic) bond motifs is 1. The van der Waals surface area contributed by atoms with E-state index in [1.807, 2.05) is 19.9 Å². The van der Waals surface area contributed by atoms with Gasteiger partial charge in [0.15, 0.2) is 5.72 Å². The Morgan fingerprint density at radius 1 is 0.921 bits per heavy atom. The molecule has 0 aromatic carbocycles. The molecule has 4 saturated carbocycles. The Morgan fingerprint density at radius 3 is 2.37 bits per heavy atom. The quantitative estimate of drug-likeness (QED) is 0.280. The van der Waals surface area contributed by atoms with Crippen LogP contribution in [0.4, 0.5) is 11.8 Å². The second-order valence-corrected chi connectivity index (χ2v) is 13.2. The molecule has 4 fully saturated rings. The van der Waals surface area contributed by atoms with Crippen molar-refractivity contribution in [3.63, 3.8) is 0 Å². The van der Waals surface area contributed by atoms with Gasteiger partial charge in [0.2, 0.25) is 5.95 Å². The van der Waals surface area contributed by atoms with E-state index >= 15 is 0 Å². The maximum absolute atomic E-state index is 11.8. The minimum atomic E-state index is -1.61. The monoisotopic (exact) mass is 536 g/mol. The number of aryl methyl sites for hydroxylation is 2. The summed E-state index contributed by atoms with van der Waals surface area (Å²) in [6.45, 7) is 3.89. The van der Waals surface area contributed by atoms with Crippen LogP contribution in [-0.2, 0) is 0 Å². The standard InChI is InChI=1S/C28H36N6O3S/c1-15-20(24-31-21-16(2)29-14-8-19(21)38-24)23(32-25(30-15)34-26(12-13-26)17-5-6-17)33-28(37)11-7-18(22(28)35)27(36)9-3-4-10-27/h8,14,17-18,22,35-37H,3-7,9-13H2,1-2H3,(H2,30,32,33,34)/t18-,22+,28-/m0/s1. The Balaban J connectivity index is 1.28. The molecule has 0 spiro atoms. The van der Waals surface area contributed by atoms with Crippen molar-refractivity contribution < 1.29 is 15.3 Å². The summed E-state index contributed by atoms with van der Waals surface area (Å²) in [6.07, 6.45) is 9.49. The topological polar surface area (TPSA) is 136 Å². The zero-order chi connectivity index (χ0) is 26.3. The van der Waals surface area contributed by atoms with Gasteiger partial charge >= 0.3 is 0 Å². The Kier molecular flexibility index (Phi) is 5.54. The van der Waals surface area contributed by atoms with Crippen LogP contribution in [0.15, 0.2) is 12.3 Å². The molecule has 0 radical (unpaired) electrons. The average molecular weight is 537 g/mol. The molecule has 10 heteroatoms. The van der Waals surface area contributed by atoms with Gasteiger partial charge in [0.25, 0.3) is 0 Å². The van der Waals surface area contributed by atoms with Gasteiger partial charge in [-0.25, -0.2) is 9.97 Å². The number of hydrogen-bond donors (Lipinski definition) is 5. The normalized spacial score (nSPS) is 29.6. The molecular formula is C28H36N6O3S. The molecule has 3 atom stereocenters. The summed E-state index contributed by atoms with van der Waals surface area (Å²) < 4.78 is 1.02. The summed E-state index contributed by atoms with van der Waals surface area (Å²) in [6, 6.07) is 1.95. The van der Waals surface area contributed by atoms with E-state index in [1.165, 1.54) is 12.8 Å². The van der Waals surface area contributed by atoms with Crippen molar-refractivity contribution in [1.82, 2.24) is 19.9 Å². The van der Waals surface area contributed by atoms with Crippen LogP contribution in [0.5, 0.6) is 0 Å². The number of aliphatic hydroxyl groups excluding tert-OH is 1. The van der Waals surface area contributed by atoms with Crippen LogP contribution in [0.1, 0.15) is 75.6 Å². The molecule has 0 saturated heterocycles. The van der Waals surface area contributed by atoms with Gasteiger partial charge in [0.1, 0.15) is 22.4 Å². The van der Waals surface area contributed by atoms with Crippen LogP contribution >= 0.6 is 11.3 Å². The molecule has 0 aliphatic heterocycles. The van der Waals surface area contributed by atoms with E-state index in [2.05, 4.69) is 15.6 Å². The molecule has 3 aromatic rings. The van der Waals surface area contributed by atoms with Crippen LogP contribution in [-0.4, -0.2) is 58.2 Å². The third-order valence-electron chi connectivity index (χ3n) is 9.50. The van der Waals surface area contributed by atoms with Crippen molar-refractivity contribution in [3.8, 4) is 10.6 Å². The van der Waals surface area contributed by atoms with Gasteiger partial charge in [-0.3, -0.25) is 4.98 Å². The van der Waals surface area contributed by atoms with Crippen molar-refractivity contribution in [3.05, 3.63) is 23.7 Å². The van der Waals surface area contributed by atoms with Crippen LogP contribution in [0.25, 0.3) is 20.8 Å². The zero-order valence-electron chi connectivity index (χ0n) is 22.0. The molecule has 3 aromatic heterocycles. The number of nitrogens with one attached hydrogen (secondary N) is 2. The molecule has 7 rings (SSSR count). The SMILES string of the molecule is Cc1nc(NC2(C3CC3)CC2)nc(N[C@]2(O)CC[C@H](C3(O)CCCC3)[C@H]2O)c1-c1nc2c(C)nccc2s1. The number of hydrogen-bond acceptors (Lipinski definition) is 10. The number of aromatic nitrogens is 4. The Labute approximate surface area is 226 Å². The predicted octanol–water partition coefficient (Wildman–Crippen LogP) is 4.30. The van der Waals surface area contributed by atoms with E-state index in [4.69, 9.17) is 15.0 Å². The maximum atomic E-state index is 11.8. The van der Waals surface area contributed by atoms with Crippen molar-refractivity contribution >= 4 is 33.3 Å². The molecule has 38 heavy (non-hydrogen) atoms. The summed E-state index contributed by atoms with van der Waals surface area (Å²) in [5.74, 6) is 1.29. The van der Waals surface area contributed by atoms with Gasteiger partial charge in [-0.05, 0) is 77.2 Å². The third-order valence-corrected chi connectivity index (χ3v) is 10.5. The molecule has 202 valence electrons. The van der Waals surface area contributed by atoms with E-state index in [1.54, 1.807) is 17.5 Å². The molecule has 5 N–H and O–H groups in total. The first-order valence-electron chi connectivity index (χ1n) is 14.0.